The van der Waals surface area contributed by atoms with Gasteiger partial charge in [-0.05, 0) is 43.6 Å². The summed E-state index contributed by atoms with van der Waals surface area (Å²) >= 11 is 1.32. The highest BCUT2D eigenvalue weighted by Crippen LogP contribution is 2.46. The topological polar surface area (TPSA) is 109 Å². The predicted molar refractivity (Wildman–Crippen MR) is 95.6 cm³/mol. The van der Waals surface area contributed by atoms with Crippen LogP contribution >= 0.6 is 11.3 Å². The Kier molecular flexibility index (Phi) is 4.69. The number of anilines is 1. The minimum atomic E-state index is -0.939. The van der Waals surface area contributed by atoms with Gasteiger partial charge in [-0.1, -0.05) is 19.1 Å². The van der Waals surface area contributed by atoms with Gasteiger partial charge in [-0.3, -0.25) is 14.4 Å². The van der Waals surface area contributed by atoms with Crippen LogP contribution in [-0.4, -0.2) is 22.9 Å². The zero-order valence-corrected chi connectivity index (χ0v) is 15.1. The molecule has 2 bridgehead atoms. The number of thiophene rings is 1. The van der Waals surface area contributed by atoms with Gasteiger partial charge >= 0.3 is 5.97 Å². The van der Waals surface area contributed by atoms with Crippen molar-refractivity contribution in [2.75, 3.05) is 5.32 Å². The summed E-state index contributed by atoms with van der Waals surface area (Å²) in [6, 6.07) is 0. The molecule has 7 heteroatoms. The standard InChI is InChI=1S/C18H22N2O4S/c1-3-11-8(2)25-17(14(11)15(19)21)20-16(22)12-9-4-6-10(7-5-9)13(12)18(23)24/h4,6,9-10,12-13H,3,5,7H2,1-2H3,(H2,19,21)(H,20,22)(H,23,24)/t9-,10-,12-,13+/m0/s1. The van der Waals surface area contributed by atoms with Crippen molar-refractivity contribution < 1.29 is 19.5 Å². The predicted octanol–water partition coefficient (Wildman–Crippen LogP) is 2.57. The van der Waals surface area contributed by atoms with Gasteiger partial charge in [-0.25, -0.2) is 0 Å². The largest absolute Gasteiger partial charge is 0.481 e. The van der Waals surface area contributed by atoms with Crippen LogP contribution in [0.15, 0.2) is 12.2 Å². The second-order valence-electron chi connectivity index (χ2n) is 6.73. The molecule has 134 valence electrons. The van der Waals surface area contributed by atoms with Gasteiger partial charge in [0.25, 0.3) is 5.91 Å². The van der Waals surface area contributed by atoms with Gasteiger partial charge in [0.15, 0.2) is 0 Å². The monoisotopic (exact) mass is 362 g/mol. The highest BCUT2D eigenvalue weighted by atomic mass is 32.1. The number of nitrogens with one attached hydrogen (secondary N) is 1. The smallest absolute Gasteiger partial charge is 0.307 e. The Morgan fingerprint density at radius 3 is 2.32 bits per heavy atom. The summed E-state index contributed by atoms with van der Waals surface area (Å²) in [5.41, 5.74) is 6.69. The summed E-state index contributed by atoms with van der Waals surface area (Å²) < 4.78 is 0. The molecular weight excluding hydrogens is 340 g/mol. The van der Waals surface area contributed by atoms with Gasteiger partial charge in [0, 0.05) is 4.88 Å². The lowest BCUT2D eigenvalue weighted by Crippen LogP contribution is -2.47. The molecule has 1 saturated carbocycles. The van der Waals surface area contributed by atoms with Crippen molar-refractivity contribution in [2.24, 2.45) is 29.4 Å². The van der Waals surface area contributed by atoms with Gasteiger partial charge in [0.1, 0.15) is 5.00 Å². The number of carboxylic acid groups (broad SMARTS) is 1. The number of hydrogen-bond donors (Lipinski definition) is 3. The first kappa shape index (κ1) is 17.7. The lowest BCUT2D eigenvalue weighted by Gasteiger charge is -2.41. The zero-order valence-electron chi connectivity index (χ0n) is 14.2. The number of carbonyl (C=O) groups excluding carboxylic acids is 2. The number of aryl methyl sites for hydroxylation is 1. The number of carbonyl (C=O) groups is 3. The maximum Gasteiger partial charge on any atom is 0.307 e. The van der Waals surface area contributed by atoms with Gasteiger partial charge in [-0.2, -0.15) is 0 Å². The molecule has 0 radical (unpaired) electrons. The van der Waals surface area contributed by atoms with Crippen molar-refractivity contribution in [3.05, 3.63) is 28.2 Å². The molecule has 4 N–H and O–H groups in total. The molecule has 1 aromatic heterocycles. The van der Waals surface area contributed by atoms with E-state index in [2.05, 4.69) is 5.32 Å². The molecule has 3 aliphatic carbocycles. The van der Waals surface area contributed by atoms with Gasteiger partial charge in [0.05, 0.1) is 17.4 Å². The normalized spacial score (nSPS) is 27.3. The van der Waals surface area contributed by atoms with Crippen LogP contribution in [0.3, 0.4) is 0 Å². The molecule has 2 amide bonds. The summed E-state index contributed by atoms with van der Waals surface area (Å²) in [4.78, 5) is 37.4. The van der Waals surface area contributed by atoms with Crippen LogP contribution in [0.2, 0.25) is 0 Å². The molecule has 0 aliphatic heterocycles. The second kappa shape index (κ2) is 6.63. The number of fused-ring (bicyclic) bond motifs is 2. The van der Waals surface area contributed by atoms with Crippen LogP contribution < -0.4 is 11.1 Å². The Hall–Kier alpha value is -2.15. The fourth-order valence-electron chi connectivity index (χ4n) is 4.24. The Balaban J connectivity index is 1.91. The number of carboxylic acids is 1. The third kappa shape index (κ3) is 2.97. The number of nitrogens with two attached hydrogens (primary N) is 1. The fraction of sp³-hybridized carbons (Fsp3) is 0.500. The van der Waals surface area contributed by atoms with Crippen molar-refractivity contribution in [1.82, 2.24) is 0 Å². The Morgan fingerprint density at radius 2 is 1.84 bits per heavy atom. The third-order valence-electron chi connectivity index (χ3n) is 5.38. The molecule has 1 aromatic rings. The van der Waals surface area contributed by atoms with Crippen LogP contribution in [0.1, 0.15) is 40.6 Å². The van der Waals surface area contributed by atoms with Crippen LogP contribution in [0.25, 0.3) is 0 Å². The molecule has 4 atom stereocenters. The maximum atomic E-state index is 12.9. The van der Waals surface area contributed by atoms with E-state index in [1.54, 1.807) is 0 Å². The van der Waals surface area contributed by atoms with E-state index in [0.29, 0.717) is 17.0 Å². The first-order valence-corrected chi connectivity index (χ1v) is 9.30. The summed E-state index contributed by atoms with van der Waals surface area (Å²) in [5.74, 6) is -3.36. The second-order valence-corrected chi connectivity index (χ2v) is 7.95. The van der Waals surface area contributed by atoms with Crippen molar-refractivity contribution in [1.29, 1.82) is 0 Å². The van der Waals surface area contributed by atoms with Gasteiger partial charge in [-0.15, -0.1) is 11.3 Å². The van der Waals surface area contributed by atoms with Crippen LogP contribution in [0.5, 0.6) is 0 Å². The Bertz CT molecular complexity index is 767. The molecule has 25 heavy (non-hydrogen) atoms. The molecule has 0 saturated heterocycles. The van der Waals surface area contributed by atoms with Crippen molar-refractivity contribution in [3.8, 4) is 0 Å². The van der Waals surface area contributed by atoms with Crippen LogP contribution in [0, 0.1) is 30.6 Å². The van der Waals surface area contributed by atoms with E-state index >= 15 is 0 Å². The SMILES string of the molecule is CCc1c(C)sc(NC(=O)[C@@H]2[C@H](C(=O)O)[C@H]3C=C[C@H]2CC3)c1C(N)=O. The highest BCUT2D eigenvalue weighted by Gasteiger charge is 2.48. The Labute approximate surface area is 150 Å². The molecule has 4 rings (SSSR count). The molecule has 0 unspecified atom stereocenters. The quantitative estimate of drug-likeness (QED) is 0.699. The number of rotatable bonds is 5. The Morgan fingerprint density at radius 1 is 1.24 bits per heavy atom. The summed E-state index contributed by atoms with van der Waals surface area (Å²) in [5, 5.41) is 12.8. The lowest BCUT2D eigenvalue weighted by atomic mass is 9.62. The van der Waals surface area contributed by atoms with E-state index in [1.807, 2.05) is 26.0 Å². The van der Waals surface area contributed by atoms with E-state index in [-0.39, 0.29) is 17.7 Å². The first-order valence-electron chi connectivity index (χ1n) is 8.49. The molecule has 1 heterocycles. The molecule has 0 aromatic carbocycles. The van der Waals surface area contributed by atoms with Crippen molar-refractivity contribution in [3.63, 3.8) is 0 Å². The van der Waals surface area contributed by atoms with Crippen molar-refractivity contribution >= 4 is 34.1 Å². The number of allylic oxidation sites excluding steroid dienone is 2. The fourth-order valence-corrected chi connectivity index (χ4v) is 5.39. The average Bonchev–Trinajstić information content (AvgIpc) is 2.90. The maximum absolute atomic E-state index is 12.9. The summed E-state index contributed by atoms with van der Waals surface area (Å²) in [6.45, 7) is 3.81. The number of hydrogen-bond acceptors (Lipinski definition) is 4. The first-order chi connectivity index (χ1) is 11.8. The number of primary amides is 1. The average molecular weight is 362 g/mol. The molecule has 0 spiro atoms. The number of amides is 2. The van der Waals surface area contributed by atoms with Crippen LogP contribution in [-0.2, 0) is 16.0 Å². The van der Waals surface area contributed by atoms with E-state index < -0.39 is 23.7 Å². The molecule has 3 aliphatic rings. The molecule has 1 fully saturated rings. The van der Waals surface area contributed by atoms with E-state index in [9.17, 15) is 19.5 Å². The minimum Gasteiger partial charge on any atom is -0.481 e. The zero-order chi connectivity index (χ0) is 18.3. The van der Waals surface area contributed by atoms with E-state index in [1.165, 1.54) is 11.3 Å². The summed E-state index contributed by atoms with van der Waals surface area (Å²) in [6.07, 6.45) is 6.15. The van der Waals surface area contributed by atoms with Gasteiger partial charge in [0.2, 0.25) is 5.91 Å². The summed E-state index contributed by atoms with van der Waals surface area (Å²) in [7, 11) is 0. The van der Waals surface area contributed by atoms with E-state index in [0.717, 1.165) is 23.3 Å². The van der Waals surface area contributed by atoms with E-state index in [4.69, 9.17) is 5.73 Å². The minimum absolute atomic E-state index is 0.0742. The highest BCUT2D eigenvalue weighted by molar-refractivity contribution is 7.16. The number of aliphatic carboxylic acids is 1. The van der Waals surface area contributed by atoms with Gasteiger partial charge < -0.3 is 16.2 Å². The molecule has 6 nitrogen and oxygen atoms in total. The third-order valence-corrected chi connectivity index (χ3v) is 6.44. The lowest BCUT2D eigenvalue weighted by molar-refractivity contribution is -0.151. The van der Waals surface area contributed by atoms with Crippen LogP contribution in [0.4, 0.5) is 5.00 Å². The van der Waals surface area contributed by atoms with Crippen molar-refractivity contribution in [2.45, 2.75) is 33.1 Å². The molecular formula is C18H22N2O4S.